The summed E-state index contributed by atoms with van der Waals surface area (Å²) in [6.45, 7) is 0.407. The van der Waals surface area contributed by atoms with Gasteiger partial charge in [0, 0.05) is 17.8 Å². The van der Waals surface area contributed by atoms with E-state index in [0.29, 0.717) is 11.6 Å². The lowest BCUT2D eigenvalue weighted by molar-refractivity contribution is 0.0994. The Morgan fingerprint density at radius 2 is 2.23 bits per heavy atom. The Balaban J connectivity index is 1.96. The number of halogens is 1. The third-order valence-corrected chi connectivity index (χ3v) is 3.38. The van der Waals surface area contributed by atoms with Crippen molar-refractivity contribution >= 4 is 28.4 Å². The lowest BCUT2D eigenvalue weighted by Gasteiger charge is -2.04. The number of carbonyl (C=O) groups excluding carboxylic acids is 1. The zero-order valence-electron chi connectivity index (χ0n) is 11.3. The van der Waals surface area contributed by atoms with E-state index in [4.69, 9.17) is 22.6 Å². The molecule has 6 nitrogen and oxygen atoms in total. The summed E-state index contributed by atoms with van der Waals surface area (Å²) in [6.07, 6.45) is 3.09. The molecule has 3 aromatic rings. The van der Waals surface area contributed by atoms with Crippen LogP contribution in [0.4, 0.5) is 0 Å². The van der Waals surface area contributed by atoms with E-state index in [1.165, 1.54) is 10.9 Å². The van der Waals surface area contributed by atoms with Gasteiger partial charge in [0.05, 0.1) is 17.1 Å². The van der Waals surface area contributed by atoms with E-state index >= 15 is 0 Å². The minimum absolute atomic E-state index is 0.0204. The number of aromatic nitrogens is 3. The second-order valence-corrected chi connectivity index (χ2v) is 5.18. The largest absolute Gasteiger partial charge is 0.364 e. The number of carbonyl (C=O) groups is 1. The van der Waals surface area contributed by atoms with Crippen LogP contribution in [0.2, 0.25) is 5.02 Å². The molecule has 0 aliphatic heterocycles. The van der Waals surface area contributed by atoms with Crippen molar-refractivity contribution in [1.29, 1.82) is 5.26 Å². The molecule has 0 fully saturated rings. The van der Waals surface area contributed by atoms with E-state index in [9.17, 15) is 4.79 Å². The number of nitrogens with two attached hydrogens (primary N) is 1. The molecule has 1 amide bonds. The average Bonchev–Trinajstić information content (AvgIpc) is 2.90. The molecule has 2 aromatic heterocycles. The van der Waals surface area contributed by atoms with E-state index < -0.39 is 5.91 Å². The van der Waals surface area contributed by atoms with Crippen LogP contribution in [0.15, 0.2) is 36.7 Å². The number of pyridine rings is 1. The van der Waals surface area contributed by atoms with Gasteiger partial charge in [-0.25, -0.2) is 0 Å². The van der Waals surface area contributed by atoms with Gasteiger partial charge in [-0.3, -0.25) is 14.5 Å². The maximum absolute atomic E-state index is 11.2. The van der Waals surface area contributed by atoms with Crippen molar-refractivity contribution in [1.82, 2.24) is 14.8 Å². The summed E-state index contributed by atoms with van der Waals surface area (Å²) in [7, 11) is 0. The fourth-order valence-electron chi connectivity index (χ4n) is 2.21. The Bertz CT molecular complexity index is 925. The highest BCUT2D eigenvalue weighted by atomic mass is 35.5. The summed E-state index contributed by atoms with van der Waals surface area (Å²) in [6, 6.07) is 9.45. The molecule has 3 rings (SSSR count). The van der Waals surface area contributed by atoms with Crippen LogP contribution < -0.4 is 5.73 Å². The second-order valence-electron chi connectivity index (χ2n) is 4.75. The minimum Gasteiger partial charge on any atom is -0.364 e. The highest BCUT2D eigenvalue weighted by Gasteiger charge is 2.13. The van der Waals surface area contributed by atoms with E-state index in [1.807, 2.05) is 30.3 Å². The fraction of sp³-hybridized carbons (Fsp3) is 0.0667. The third-order valence-electron chi connectivity index (χ3n) is 3.17. The van der Waals surface area contributed by atoms with Gasteiger partial charge < -0.3 is 5.73 Å². The molecule has 0 saturated carbocycles. The van der Waals surface area contributed by atoms with Crippen molar-refractivity contribution in [3.8, 4) is 6.07 Å². The fourth-order valence-corrected chi connectivity index (χ4v) is 2.37. The number of fused-ring (bicyclic) bond motifs is 1. The van der Waals surface area contributed by atoms with Gasteiger partial charge in [-0.05, 0) is 23.8 Å². The van der Waals surface area contributed by atoms with Crippen molar-refractivity contribution in [3.05, 3.63) is 58.5 Å². The van der Waals surface area contributed by atoms with Gasteiger partial charge in [0.2, 0.25) is 0 Å². The quantitative estimate of drug-likeness (QED) is 0.800. The molecule has 0 saturated heterocycles. The van der Waals surface area contributed by atoms with Gasteiger partial charge >= 0.3 is 0 Å². The zero-order chi connectivity index (χ0) is 15.7. The van der Waals surface area contributed by atoms with Crippen molar-refractivity contribution in [2.24, 2.45) is 5.73 Å². The number of hydrogen-bond acceptors (Lipinski definition) is 4. The summed E-state index contributed by atoms with van der Waals surface area (Å²) >= 11 is 5.94. The zero-order valence-corrected chi connectivity index (χ0v) is 12.1. The summed E-state index contributed by atoms with van der Waals surface area (Å²) in [5.41, 5.74) is 7.12. The smallest absolute Gasteiger partial charge is 0.270 e. The van der Waals surface area contributed by atoms with Crippen molar-refractivity contribution in [2.45, 2.75) is 6.54 Å². The SMILES string of the molecule is N#Cc1cn(Cc2ccc3ncc(Cl)cc3c2)nc1C(N)=O. The van der Waals surface area contributed by atoms with Gasteiger partial charge in [-0.15, -0.1) is 0 Å². The lowest BCUT2D eigenvalue weighted by atomic mass is 10.1. The molecule has 22 heavy (non-hydrogen) atoms. The summed E-state index contributed by atoms with van der Waals surface area (Å²) < 4.78 is 1.51. The molecule has 0 spiro atoms. The maximum atomic E-state index is 11.2. The second kappa shape index (κ2) is 5.47. The molecule has 0 unspecified atom stereocenters. The average molecular weight is 312 g/mol. The van der Waals surface area contributed by atoms with E-state index in [2.05, 4.69) is 10.1 Å². The van der Waals surface area contributed by atoms with E-state index in [0.717, 1.165) is 16.5 Å². The van der Waals surface area contributed by atoms with Crippen LogP contribution in [-0.4, -0.2) is 20.7 Å². The van der Waals surface area contributed by atoms with Crippen LogP contribution in [-0.2, 0) is 6.54 Å². The number of hydrogen-bond donors (Lipinski definition) is 1. The molecule has 0 bridgehead atoms. The lowest BCUT2D eigenvalue weighted by Crippen LogP contribution is -2.14. The summed E-state index contributed by atoms with van der Waals surface area (Å²) in [4.78, 5) is 15.5. The number of nitriles is 1. The van der Waals surface area contributed by atoms with Gasteiger partial charge in [0.25, 0.3) is 5.91 Å². The Morgan fingerprint density at radius 3 is 2.91 bits per heavy atom. The molecule has 0 radical (unpaired) electrons. The van der Waals surface area contributed by atoms with Crippen LogP contribution in [0.3, 0.4) is 0 Å². The maximum Gasteiger partial charge on any atom is 0.270 e. The van der Waals surface area contributed by atoms with Gasteiger partial charge in [0.1, 0.15) is 11.6 Å². The van der Waals surface area contributed by atoms with Crippen LogP contribution in [0.1, 0.15) is 21.6 Å². The summed E-state index contributed by atoms with van der Waals surface area (Å²) in [5, 5.41) is 14.5. The number of nitrogens with zero attached hydrogens (tertiary/aromatic N) is 4. The Kier molecular flexibility index (Phi) is 3.49. The Labute approximate surface area is 130 Å². The first-order valence-corrected chi connectivity index (χ1v) is 6.76. The molecular weight excluding hydrogens is 302 g/mol. The van der Waals surface area contributed by atoms with E-state index in [-0.39, 0.29) is 11.3 Å². The van der Waals surface area contributed by atoms with E-state index in [1.54, 1.807) is 6.20 Å². The number of benzene rings is 1. The molecule has 0 aliphatic carbocycles. The first-order valence-electron chi connectivity index (χ1n) is 6.38. The molecule has 7 heteroatoms. The Morgan fingerprint density at radius 1 is 1.41 bits per heavy atom. The molecule has 108 valence electrons. The van der Waals surface area contributed by atoms with Crippen LogP contribution >= 0.6 is 11.6 Å². The number of rotatable bonds is 3. The predicted octanol–water partition coefficient (Wildman–Crippen LogP) is 2.10. The molecule has 2 heterocycles. The van der Waals surface area contributed by atoms with Crippen molar-refractivity contribution in [2.75, 3.05) is 0 Å². The highest BCUT2D eigenvalue weighted by molar-refractivity contribution is 6.31. The molecule has 2 N–H and O–H groups in total. The standard InChI is InChI=1S/C15H10ClN5O/c16-12-4-10-3-9(1-2-13(10)19-6-12)7-21-8-11(5-17)14(20-21)15(18)22/h1-4,6,8H,7H2,(H2,18,22). The topological polar surface area (TPSA) is 97.6 Å². The van der Waals surface area contributed by atoms with Crippen LogP contribution in [0.5, 0.6) is 0 Å². The highest BCUT2D eigenvalue weighted by Crippen LogP contribution is 2.19. The van der Waals surface area contributed by atoms with Crippen molar-refractivity contribution < 1.29 is 4.79 Å². The molecule has 0 atom stereocenters. The molecule has 0 aliphatic rings. The monoisotopic (exact) mass is 311 g/mol. The van der Waals surface area contributed by atoms with Crippen LogP contribution in [0, 0.1) is 11.3 Å². The molecular formula is C15H10ClN5O. The summed E-state index contributed by atoms with van der Waals surface area (Å²) in [5.74, 6) is -0.718. The number of amides is 1. The Hall–Kier alpha value is -2.91. The van der Waals surface area contributed by atoms with Gasteiger partial charge in [-0.2, -0.15) is 10.4 Å². The normalized spacial score (nSPS) is 10.5. The first kappa shape index (κ1) is 14.0. The van der Waals surface area contributed by atoms with Crippen LogP contribution in [0.25, 0.3) is 10.9 Å². The first-order chi connectivity index (χ1) is 10.6. The third kappa shape index (κ3) is 2.62. The van der Waals surface area contributed by atoms with Gasteiger partial charge in [0.15, 0.2) is 5.69 Å². The minimum atomic E-state index is -0.718. The van der Waals surface area contributed by atoms with Gasteiger partial charge in [-0.1, -0.05) is 17.7 Å². The van der Waals surface area contributed by atoms with Crippen molar-refractivity contribution in [3.63, 3.8) is 0 Å². The molecule has 1 aromatic carbocycles. The predicted molar refractivity (Wildman–Crippen MR) is 81.3 cm³/mol. The number of primary amides is 1.